The fourth-order valence-electron chi connectivity index (χ4n) is 4.22. The predicted octanol–water partition coefficient (Wildman–Crippen LogP) is 5.69. The number of benzene rings is 4. The third-order valence-electron chi connectivity index (χ3n) is 5.99. The van der Waals surface area contributed by atoms with Crippen LogP contribution in [-0.4, -0.2) is 15.7 Å². The second-order valence-corrected chi connectivity index (χ2v) is 8.67. The zero-order chi connectivity index (χ0) is 22.5. The van der Waals surface area contributed by atoms with Crippen LogP contribution in [0.2, 0.25) is 5.02 Å². The van der Waals surface area contributed by atoms with Crippen LogP contribution in [0.15, 0.2) is 88.5 Å². The Kier molecular flexibility index (Phi) is 4.59. The highest BCUT2D eigenvalue weighted by molar-refractivity contribution is 6.33. The van der Waals surface area contributed by atoms with Gasteiger partial charge in [0.2, 0.25) is 0 Å². The van der Waals surface area contributed by atoms with E-state index in [9.17, 15) is 9.59 Å². The van der Waals surface area contributed by atoms with Gasteiger partial charge in [-0.3, -0.25) is 4.79 Å². The second kappa shape index (κ2) is 7.64. The quantitative estimate of drug-likeness (QED) is 0.379. The van der Waals surface area contributed by atoms with Gasteiger partial charge in [-0.25, -0.2) is 9.36 Å². The van der Waals surface area contributed by atoms with Gasteiger partial charge in [0.25, 0.3) is 5.56 Å². The van der Waals surface area contributed by atoms with Crippen LogP contribution in [0, 0.1) is 0 Å². The molecule has 1 aliphatic rings. The van der Waals surface area contributed by atoms with Crippen molar-refractivity contribution >= 4 is 33.3 Å². The molecule has 0 aliphatic heterocycles. The predicted molar refractivity (Wildman–Crippen MR) is 132 cm³/mol. The van der Waals surface area contributed by atoms with Gasteiger partial charge in [0.05, 0.1) is 22.7 Å². The van der Waals surface area contributed by atoms with Crippen molar-refractivity contribution in [3.63, 3.8) is 0 Å². The molecule has 5 aromatic rings. The Morgan fingerprint density at radius 3 is 2.42 bits per heavy atom. The summed E-state index contributed by atoms with van der Waals surface area (Å²) in [5, 5.41) is 2.74. The van der Waals surface area contributed by atoms with Gasteiger partial charge < -0.3 is 9.72 Å². The largest absolute Gasteiger partial charge is 0.490 e. The summed E-state index contributed by atoms with van der Waals surface area (Å²) in [5.41, 5.74) is 1.63. The number of aromatic nitrogens is 2. The van der Waals surface area contributed by atoms with Gasteiger partial charge in [0.15, 0.2) is 0 Å². The molecule has 0 bridgehead atoms. The van der Waals surface area contributed by atoms with Gasteiger partial charge in [0.1, 0.15) is 5.75 Å². The Balaban J connectivity index is 1.64. The summed E-state index contributed by atoms with van der Waals surface area (Å²) in [7, 11) is 0. The third kappa shape index (κ3) is 3.41. The molecule has 0 radical (unpaired) electrons. The molecule has 1 N–H and O–H groups in total. The zero-order valence-corrected chi connectivity index (χ0v) is 18.3. The zero-order valence-electron chi connectivity index (χ0n) is 17.5. The first kappa shape index (κ1) is 19.8. The molecule has 1 heterocycles. The van der Waals surface area contributed by atoms with E-state index in [1.807, 2.05) is 60.7 Å². The standard InChI is InChI=1S/C27H19ClN2O3/c28-22-10-4-3-9-19(22)20-14-23-21(15-25(20)33-17-12-13-17)26(31)30(27(32)29-23)24-11-5-7-16-6-1-2-8-18(16)24/h1-11,14-15,17H,12-13H2,(H,29,32). The number of rotatable bonds is 4. The lowest BCUT2D eigenvalue weighted by Crippen LogP contribution is -2.33. The molecule has 0 atom stereocenters. The number of nitrogens with one attached hydrogen (secondary N) is 1. The first-order valence-electron chi connectivity index (χ1n) is 10.8. The minimum Gasteiger partial charge on any atom is -0.490 e. The molecule has 0 unspecified atom stereocenters. The number of ether oxygens (including phenoxy) is 1. The molecular weight excluding hydrogens is 436 g/mol. The molecule has 33 heavy (non-hydrogen) atoms. The van der Waals surface area contributed by atoms with E-state index in [4.69, 9.17) is 16.3 Å². The van der Waals surface area contributed by atoms with E-state index in [1.165, 1.54) is 4.57 Å². The first-order valence-corrected chi connectivity index (χ1v) is 11.2. The molecule has 162 valence electrons. The normalized spacial score (nSPS) is 13.5. The summed E-state index contributed by atoms with van der Waals surface area (Å²) in [6.45, 7) is 0. The second-order valence-electron chi connectivity index (χ2n) is 8.26. The number of halogens is 1. The van der Waals surface area contributed by atoms with Crippen LogP contribution in [0.25, 0.3) is 38.5 Å². The summed E-state index contributed by atoms with van der Waals surface area (Å²) in [4.78, 5) is 29.7. The van der Waals surface area contributed by atoms with Crippen LogP contribution in [-0.2, 0) is 0 Å². The van der Waals surface area contributed by atoms with Gasteiger partial charge in [-0.1, -0.05) is 66.2 Å². The van der Waals surface area contributed by atoms with Gasteiger partial charge >= 0.3 is 5.69 Å². The van der Waals surface area contributed by atoms with Crippen LogP contribution in [0.3, 0.4) is 0 Å². The average molecular weight is 455 g/mol. The highest BCUT2D eigenvalue weighted by Crippen LogP contribution is 2.39. The number of hydrogen-bond donors (Lipinski definition) is 1. The van der Waals surface area contributed by atoms with E-state index in [0.29, 0.717) is 27.4 Å². The Bertz CT molecular complexity index is 1660. The van der Waals surface area contributed by atoms with E-state index in [0.717, 1.165) is 34.7 Å². The van der Waals surface area contributed by atoms with Crippen molar-refractivity contribution in [2.45, 2.75) is 18.9 Å². The van der Waals surface area contributed by atoms with E-state index in [1.54, 1.807) is 18.2 Å². The molecule has 6 heteroatoms. The number of H-pyrrole nitrogens is 1. The molecule has 1 aromatic heterocycles. The summed E-state index contributed by atoms with van der Waals surface area (Å²) < 4.78 is 7.37. The molecule has 1 fully saturated rings. The summed E-state index contributed by atoms with van der Waals surface area (Å²) in [6, 6.07) is 24.2. The lowest BCUT2D eigenvalue weighted by molar-refractivity contribution is 0.305. The molecule has 0 amide bonds. The lowest BCUT2D eigenvalue weighted by Gasteiger charge is -2.15. The Morgan fingerprint density at radius 1 is 0.848 bits per heavy atom. The van der Waals surface area contributed by atoms with Gasteiger partial charge in [0, 0.05) is 21.5 Å². The number of hydrogen-bond acceptors (Lipinski definition) is 3. The summed E-state index contributed by atoms with van der Waals surface area (Å²) >= 11 is 6.46. The average Bonchev–Trinajstić information content (AvgIpc) is 3.64. The van der Waals surface area contributed by atoms with Crippen molar-refractivity contribution in [1.29, 1.82) is 0 Å². The highest BCUT2D eigenvalue weighted by atomic mass is 35.5. The Morgan fingerprint density at radius 2 is 1.61 bits per heavy atom. The Hall–Kier alpha value is -3.83. The van der Waals surface area contributed by atoms with Crippen molar-refractivity contribution < 1.29 is 4.74 Å². The first-order chi connectivity index (χ1) is 16.1. The molecule has 6 rings (SSSR count). The van der Waals surface area contributed by atoms with Crippen LogP contribution < -0.4 is 16.0 Å². The van der Waals surface area contributed by atoms with Crippen molar-refractivity contribution in [3.05, 3.63) is 105 Å². The molecule has 5 nitrogen and oxygen atoms in total. The smallest absolute Gasteiger partial charge is 0.333 e. The molecule has 0 spiro atoms. The van der Waals surface area contributed by atoms with Crippen molar-refractivity contribution in [2.24, 2.45) is 0 Å². The lowest BCUT2D eigenvalue weighted by atomic mass is 10.0. The van der Waals surface area contributed by atoms with Crippen molar-refractivity contribution in [3.8, 4) is 22.6 Å². The third-order valence-corrected chi connectivity index (χ3v) is 6.32. The van der Waals surface area contributed by atoms with Crippen LogP contribution in [0.4, 0.5) is 0 Å². The monoisotopic (exact) mass is 454 g/mol. The minimum atomic E-state index is -0.496. The van der Waals surface area contributed by atoms with Gasteiger partial charge in [-0.05, 0) is 42.5 Å². The Labute approximate surface area is 193 Å². The van der Waals surface area contributed by atoms with Crippen LogP contribution in [0.5, 0.6) is 5.75 Å². The molecule has 4 aromatic carbocycles. The maximum absolute atomic E-state index is 13.6. The van der Waals surface area contributed by atoms with Crippen molar-refractivity contribution in [2.75, 3.05) is 0 Å². The van der Waals surface area contributed by atoms with Crippen LogP contribution in [0.1, 0.15) is 12.8 Å². The molecule has 1 saturated carbocycles. The van der Waals surface area contributed by atoms with E-state index >= 15 is 0 Å². The minimum absolute atomic E-state index is 0.131. The number of fused-ring (bicyclic) bond motifs is 2. The van der Waals surface area contributed by atoms with Crippen LogP contribution >= 0.6 is 11.6 Å². The summed E-state index contributed by atoms with van der Waals surface area (Å²) in [5.74, 6) is 0.590. The number of nitrogens with zero attached hydrogens (tertiary/aromatic N) is 1. The molecular formula is C27H19ClN2O3. The summed E-state index contributed by atoms with van der Waals surface area (Å²) in [6.07, 6.45) is 2.09. The van der Waals surface area contributed by atoms with Gasteiger partial charge in [-0.2, -0.15) is 0 Å². The fourth-order valence-corrected chi connectivity index (χ4v) is 4.46. The maximum atomic E-state index is 13.6. The fraction of sp³-hybridized carbons (Fsp3) is 0.111. The highest BCUT2D eigenvalue weighted by Gasteiger charge is 2.26. The van der Waals surface area contributed by atoms with E-state index in [2.05, 4.69) is 4.98 Å². The SMILES string of the molecule is O=c1[nH]c2cc(-c3ccccc3Cl)c(OC3CC3)cc2c(=O)n1-c1cccc2ccccc12. The maximum Gasteiger partial charge on any atom is 0.333 e. The van der Waals surface area contributed by atoms with E-state index < -0.39 is 11.2 Å². The molecule has 1 aliphatic carbocycles. The number of aromatic amines is 1. The van der Waals surface area contributed by atoms with Crippen molar-refractivity contribution in [1.82, 2.24) is 9.55 Å². The topological polar surface area (TPSA) is 64.1 Å². The van der Waals surface area contributed by atoms with Gasteiger partial charge in [-0.15, -0.1) is 0 Å². The molecule has 0 saturated heterocycles. The van der Waals surface area contributed by atoms with E-state index in [-0.39, 0.29) is 6.10 Å².